The van der Waals surface area contributed by atoms with E-state index in [1.165, 1.54) is 5.56 Å². The number of carbonyl (C=O) groups is 1. The minimum Gasteiger partial charge on any atom is -0.493 e. The lowest BCUT2D eigenvalue weighted by molar-refractivity contribution is 0.236. The van der Waals surface area contributed by atoms with Crippen molar-refractivity contribution < 1.29 is 14.3 Å². The van der Waals surface area contributed by atoms with Crippen LogP contribution in [0.25, 0.3) is 10.9 Å². The van der Waals surface area contributed by atoms with Crippen LogP contribution in [0.3, 0.4) is 0 Å². The van der Waals surface area contributed by atoms with E-state index < -0.39 is 0 Å². The molecule has 1 aliphatic rings. The number of hydrogen-bond donors (Lipinski definition) is 2. The maximum Gasteiger partial charge on any atom is 0.322 e. The van der Waals surface area contributed by atoms with E-state index in [-0.39, 0.29) is 12.1 Å². The Kier molecular flexibility index (Phi) is 6.39. The van der Waals surface area contributed by atoms with Crippen molar-refractivity contribution in [3.63, 3.8) is 0 Å². The summed E-state index contributed by atoms with van der Waals surface area (Å²) in [4.78, 5) is 19.1. The summed E-state index contributed by atoms with van der Waals surface area (Å²) in [5.41, 5.74) is 4.73. The molecule has 2 N–H and O–H groups in total. The van der Waals surface area contributed by atoms with Gasteiger partial charge in [0, 0.05) is 47.3 Å². The van der Waals surface area contributed by atoms with Gasteiger partial charge in [-0.3, -0.25) is 9.88 Å². The van der Waals surface area contributed by atoms with Crippen molar-refractivity contribution in [3.8, 4) is 11.5 Å². The van der Waals surface area contributed by atoms with Crippen LogP contribution in [0.1, 0.15) is 12.0 Å². The van der Waals surface area contributed by atoms with E-state index >= 15 is 0 Å². The van der Waals surface area contributed by atoms with Gasteiger partial charge in [-0.25, -0.2) is 4.79 Å². The number of methoxy groups -OCH3 is 2. The van der Waals surface area contributed by atoms with Crippen molar-refractivity contribution in [1.29, 1.82) is 0 Å². The summed E-state index contributed by atoms with van der Waals surface area (Å²) < 4.78 is 10.9. The second kappa shape index (κ2) is 9.93. The predicted molar refractivity (Wildman–Crippen MR) is 139 cm³/mol. The first-order valence-electron chi connectivity index (χ1n) is 11.6. The van der Waals surface area contributed by atoms with E-state index in [0.717, 1.165) is 40.8 Å². The summed E-state index contributed by atoms with van der Waals surface area (Å²) in [5, 5.41) is 7.53. The third-order valence-corrected chi connectivity index (χ3v) is 6.30. The number of aromatic nitrogens is 1. The number of anilines is 3. The molecule has 1 aliphatic heterocycles. The van der Waals surface area contributed by atoms with Gasteiger partial charge in [-0.05, 0) is 54.8 Å². The number of nitrogens with one attached hydrogen (secondary N) is 2. The van der Waals surface area contributed by atoms with Crippen molar-refractivity contribution in [1.82, 2.24) is 10.3 Å². The molecule has 1 unspecified atom stereocenters. The van der Waals surface area contributed by atoms with Crippen LogP contribution in [0.15, 0.2) is 79.0 Å². The fourth-order valence-electron chi connectivity index (χ4n) is 4.47. The molecule has 1 aromatic heterocycles. The van der Waals surface area contributed by atoms with Gasteiger partial charge >= 0.3 is 6.03 Å². The zero-order valence-corrected chi connectivity index (χ0v) is 19.8. The fraction of sp³-hybridized carbons (Fsp3) is 0.214. The summed E-state index contributed by atoms with van der Waals surface area (Å²) in [7, 11) is 3.23. The van der Waals surface area contributed by atoms with Gasteiger partial charge in [0.15, 0.2) is 11.5 Å². The Morgan fingerprint density at radius 1 is 1.00 bits per heavy atom. The molecule has 3 aromatic carbocycles. The van der Waals surface area contributed by atoms with Crippen LogP contribution >= 0.6 is 0 Å². The topological polar surface area (TPSA) is 75.7 Å². The fourth-order valence-corrected chi connectivity index (χ4v) is 4.47. The molecule has 4 aromatic rings. The van der Waals surface area contributed by atoms with Crippen molar-refractivity contribution in [3.05, 3.63) is 84.6 Å². The molecule has 7 heteroatoms. The van der Waals surface area contributed by atoms with Crippen LogP contribution < -0.4 is 25.0 Å². The molecule has 1 fully saturated rings. The van der Waals surface area contributed by atoms with Gasteiger partial charge in [0.2, 0.25) is 0 Å². The molecule has 2 heterocycles. The van der Waals surface area contributed by atoms with Crippen molar-refractivity contribution >= 4 is 34.0 Å². The summed E-state index contributed by atoms with van der Waals surface area (Å²) >= 11 is 0. The van der Waals surface area contributed by atoms with E-state index in [1.807, 2.05) is 60.7 Å². The Bertz CT molecular complexity index is 1330. The highest BCUT2D eigenvalue weighted by Crippen LogP contribution is 2.35. The van der Waals surface area contributed by atoms with E-state index in [2.05, 4.69) is 27.8 Å². The third-order valence-electron chi connectivity index (χ3n) is 6.30. The number of rotatable bonds is 7. The Morgan fingerprint density at radius 2 is 1.74 bits per heavy atom. The molecule has 1 saturated heterocycles. The lowest BCUT2D eigenvalue weighted by Gasteiger charge is -2.33. The van der Waals surface area contributed by atoms with Crippen LogP contribution in [-0.4, -0.2) is 37.8 Å². The highest BCUT2D eigenvalue weighted by molar-refractivity contribution is 5.96. The van der Waals surface area contributed by atoms with Gasteiger partial charge in [-0.15, -0.1) is 0 Å². The summed E-state index contributed by atoms with van der Waals surface area (Å²) in [6.07, 6.45) is 3.50. The van der Waals surface area contributed by atoms with Gasteiger partial charge in [-0.1, -0.05) is 30.3 Å². The molecular formula is C28H28N4O3. The standard InChI is InChI=1S/C28H28N4O3/c1-34-26-17-23-24(12-14-29-25(23)18-27(26)35-2)30-20-8-10-22(11-9-20)32-15-13-21(31-28(32)33)16-19-6-4-3-5-7-19/h3-12,14,17-18,21H,13,15-16H2,1-2H3,(H,29,30)(H,31,33). The van der Waals surface area contributed by atoms with E-state index in [9.17, 15) is 4.79 Å². The maximum absolute atomic E-state index is 12.8. The van der Waals surface area contributed by atoms with Crippen LogP contribution in [-0.2, 0) is 6.42 Å². The van der Waals surface area contributed by atoms with Crippen LogP contribution in [0, 0.1) is 0 Å². The molecule has 35 heavy (non-hydrogen) atoms. The van der Waals surface area contributed by atoms with E-state index in [4.69, 9.17) is 9.47 Å². The Labute approximate surface area is 204 Å². The molecule has 0 saturated carbocycles. The molecule has 2 amide bonds. The molecule has 0 aliphatic carbocycles. The predicted octanol–water partition coefficient (Wildman–Crippen LogP) is 5.53. The number of fused-ring (bicyclic) bond motifs is 1. The SMILES string of the molecule is COc1cc2nccc(Nc3ccc(N4CCC(Cc5ccccc5)NC4=O)cc3)c2cc1OC. The highest BCUT2D eigenvalue weighted by Gasteiger charge is 2.26. The van der Waals surface area contributed by atoms with Gasteiger partial charge in [0.05, 0.1) is 19.7 Å². The molecule has 0 spiro atoms. The highest BCUT2D eigenvalue weighted by atomic mass is 16.5. The number of hydrogen-bond acceptors (Lipinski definition) is 5. The normalized spacial score (nSPS) is 15.5. The number of carbonyl (C=O) groups excluding carboxylic acids is 1. The minimum atomic E-state index is -0.0564. The first-order chi connectivity index (χ1) is 17.1. The van der Waals surface area contributed by atoms with Crippen molar-refractivity contribution in [2.45, 2.75) is 18.9 Å². The number of benzene rings is 3. The van der Waals surface area contributed by atoms with Crippen molar-refractivity contribution in [2.24, 2.45) is 0 Å². The Balaban J connectivity index is 1.28. The summed E-state index contributed by atoms with van der Waals surface area (Å²) in [6.45, 7) is 0.687. The number of amides is 2. The zero-order chi connectivity index (χ0) is 24.2. The van der Waals surface area contributed by atoms with Gasteiger partial charge in [-0.2, -0.15) is 0 Å². The molecule has 7 nitrogen and oxygen atoms in total. The Morgan fingerprint density at radius 3 is 2.46 bits per heavy atom. The first kappa shape index (κ1) is 22.5. The molecule has 1 atom stereocenters. The molecule has 0 bridgehead atoms. The quantitative estimate of drug-likeness (QED) is 0.373. The van der Waals surface area contributed by atoms with E-state index in [1.54, 1.807) is 25.3 Å². The largest absolute Gasteiger partial charge is 0.493 e. The lowest BCUT2D eigenvalue weighted by Crippen LogP contribution is -2.52. The van der Waals surface area contributed by atoms with Crippen LogP contribution in [0.5, 0.6) is 11.5 Å². The smallest absolute Gasteiger partial charge is 0.322 e. The number of urea groups is 1. The van der Waals surface area contributed by atoms with Gasteiger partial charge < -0.3 is 20.1 Å². The lowest BCUT2D eigenvalue weighted by atomic mass is 10.0. The van der Waals surface area contributed by atoms with E-state index in [0.29, 0.717) is 18.0 Å². The second-order valence-corrected chi connectivity index (χ2v) is 8.53. The van der Waals surface area contributed by atoms with Crippen LogP contribution in [0.2, 0.25) is 0 Å². The molecular weight excluding hydrogens is 440 g/mol. The first-order valence-corrected chi connectivity index (χ1v) is 11.6. The van der Waals surface area contributed by atoms with Gasteiger partial charge in [0.1, 0.15) is 0 Å². The summed E-state index contributed by atoms with van der Waals surface area (Å²) in [5.74, 6) is 1.29. The summed E-state index contributed by atoms with van der Waals surface area (Å²) in [6, 6.07) is 24.0. The molecule has 0 radical (unpaired) electrons. The number of ether oxygens (including phenoxy) is 2. The third kappa shape index (κ3) is 4.84. The second-order valence-electron chi connectivity index (χ2n) is 8.53. The van der Waals surface area contributed by atoms with Crippen LogP contribution in [0.4, 0.5) is 21.9 Å². The molecule has 178 valence electrons. The number of pyridine rings is 1. The zero-order valence-electron chi connectivity index (χ0n) is 19.8. The minimum absolute atomic E-state index is 0.0564. The number of nitrogens with zero attached hydrogens (tertiary/aromatic N) is 2. The monoisotopic (exact) mass is 468 g/mol. The Hall–Kier alpha value is -4.26. The maximum atomic E-state index is 12.8. The van der Waals surface area contributed by atoms with Gasteiger partial charge in [0.25, 0.3) is 0 Å². The van der Waals surface area contributed by atoms with Crippen molar-refractivity contribution in [2.75, 3.05) is 31.0 Å². The average molecular weight is 469 g/mol. The molecule has 5 rings (SSSR count). The average Bonchev–Trinajstić information content (AvgIpc) is 2.89.